The summed E-state index contributed by atoms with van der Waals surface area (Å²) in [4.78, 5) is 0. The van der Waals surface area contributed by atoms with Gasteiger partial charge >= 0.3 is 0 Å². The second-order valence-corrected chi connectivity index (χ2v) is 66.1. The Balaban J connectivity index is 6.02. The summed E-state index contributed by atoms with van der Waals surface area (Å²) in [5.41, 5.74) is 0. The average molecular weight is 1220 g/mol. The SMILES string of the molecule is S=S=S=S=S=S=S=S=S=S=S=S=S=S=S=S=S=S=S=S=S=S=S=S=S=S=S=S=S=S=S=S=S=S=S=S=S=S. The van der Waals surface area contributed by atoms with Crippen LogP contribution in [-0.4, -0.2) is 0 Å². The molecule has 0 heterocycles. The first-order valence-electron chi connectivity index (χ1n) is 6.17. The van der Waals surface area contributed by atoms with E-state index in [-0.39, 0.29) is 0 Å². The molecule has 0 bridgehead atoms. The molecule has 0 atom stereocenters. The van der Waals surface area contributed by atoms with Gasteiger partial charge in [0.1, 0.15) is 0 Å². The first-order valence-corrected chi connectivity index (χ1v) is 55.5. The third-order valence-electron chi connectivity index (χ3n) is 0.972. The van der Waals surface area contributed by atoms with Gasteiger partial charge in [-0.15, -0.1) is 0 Å². The molecule has 38 heteroatoms. The second kappa shape index (κ2) is 45.4. The molecule has 228 valence electrons. The van der Waals surface area contributed by atoms with E-state index in [0.717, 1.165) is 0 Å². The Hall–Kier alpha value is 8.36. The predicted octanol–water partition coefficient (Wildman–Crippen LogP) is -0.0912. The maximum absolute atomic E-state index is 4.80. The van der Waals surface area contributed by atoms with Crippen LogP contribution in [0.3, 0.4) is 0 Å². The van der Waals surface area contributed by atoms with E-state index in [1.165, 1.54) is 17.8 Å². The van der Waals surface area contributed by atoms with Crippen molar-refractivity contribution in [1.29, 1.82) is 0 Å². The maximum atomic E-state index is 4.80. The highest BCUT2D eigenvalue weighted by atomic mass is 33.5. The van der Waals surface area contributed by atoms with Gasteiger partial charge in [-0.2, -0.15) is 0 Å². The minimum atomic E-state index is 1.37. The van der Waals surface area contributed by atoms with Gasteiger partial charge in [0.25, 0.3) is 0 Å². The van der Waals surface area contributed by atoms with E-state index < -0.39 is 0 Å². The highest BCUT2D eigenvalue weighted by molar-refractivity contribution is 8.81. The summed E-state index contributed by atoms with van der Waals surface area (Å²) < 4.78 is 0. The second-order valence-electron chi connectivity index (χ2n) is 2.45. The van der Waals surface area contributed by atoms with Gasteiger partial charge in [0.15, 0.2) is 0 Å². The van der Waals surface area contributed by atoms with E-state index >= 15 is 0 Å². The van der Waals surface area contributed by atoms with Gasteiger partial charge in [0.2, 0.25) is 0 Å². The standard InChI is InChI=1S/S38/c1-3-5-7-9-11-13-15-17-19-21-23-25-27-29-31-33-35-37-38-36-34-32-30-28-26-24-22-20-18-16-14-12-10-8-6-4-2. The highest BCUT2D eigenvalue weighted by Gasteiger charge is 1.44. The smallest absolute Gasteiger partial charge is 0 e. The minimum absolute atomic E-state index is 1.37. The summed E-state index contributed by atoms with van der Waals surface area (Å²) >= 11 is 9.60. The zero-order chi connectivity index (χ0) is 27.5. The molecule has 0 aliphatic heterocycles. The third kappa shape index (κ3) is 44.4. The van der Waals surface area contributed by atoms with Crippen molar-refractivity contribution < 1.29 is 0 Å². The molecule has 0 amide bonds. The van der Waals surface area contributed by atoms with Crippen LogP contribution in [0, 0.1) is 0 Å². The molecule has 0 rings (SSSR count). The molecule has 0 aliphatic carbocycles. The molecule has 0 aliphatic rings. The van der Waals surface area contributed by atoms with Crippen LogP contribution in [0.4, 0.5) is 0 Å². The molecule has 0 saturated carbocycles. The Labute approximate surface area is 332 Å². The summed E-state index contributed by atoms with van der Waals surface area (Å²) in [5.74, 6) is 0. The van der Waals surface area contributed by atoms with Crippen molar-refractivity contribution in [3.8, 4) is 0 Å². The van der Waals surface area contributed by atoms with Gasteiger partial charge in [0.05, 0.1) is 0 Å². The quantitative estimate of drug-likeness (QED) is 0.334. The van der Waals surface area contributed by atoms with Gasteiger partial charge < -0.3 is 0 Å². The Kier molecular flexibility index (Phi) is 55.3. The van der Waals surface area contributed by atoms with Gasteiger partial charge in [-0.3, -0.25) is 0 Å². The maximum Gasteiger partial charge on any atom is 0 e. The molecule has 0 N–H and O–H groups in total. The molecule has 0 spiro atoms. The summed E-state index contributed by atoms with van der Waals surface area (Å²) in [7, 11) is 63.7. The zero-order valence-corrected chi connectivity index (χ0v) is 46.5. The van der Waals surface area contributed by atoms with Crippen LogP contribution in [0.5, 0.6) is 0 Å². The average Bonchev–Trinajstić information content (AvgIpc) is 2.93. The van der Waals surface area contributed by atoms with Crippen molar-refractivity contribution in [2.45, 2.75) is 0 Å². The third-order valence-corrected chi connectivity index (χ3v) is 78.7. The Morgan fingerprint density at radius 2 is 0.211 bits per heavy atom. The molecule has 0 unspecified atom stereocenters. The molecular formula is S38. The molecule has 0 aromatic heterocycles. The molecule has 0 fully saturated rings. The van der Waals surface area contributed by atoms with Crippen LogP contribution in [0.15, 0.2) is 0 Å². The molecular weight excluding hydrogens is 1220 g/mol. The topological polar surface area (TPSA) is 0 Å². The largest absolute Gasteiger partial charge is 0 e. The lowest BCUT2D eigenvalue weighted by Gasteiger charge is -1.41. The highest BCUT2D eigenvalue weighted by Crippen LogP contribution is 1.44. The van der Waals surface area contributed by atoms with E-state index in [1.54, 1.807) is 107 Å². The van der Waals surface area contributed by atoms with Crippen molar-refractivity contribution in [3.63, 3.8) is 0 Å². The number of rotatable bonds is 0. The summed E-state index contributed by atoms with van der Waals surface area (Å²) in [6.07, 6.45) is 0. The lowest BCUT2D eigenvalue weighted by molar-refractivity contribution is 5.96. The number of hydrogen-bond donors (Lipinski definition) is 0. The predicted molar refractivity (Wildman–Crippen MR) is 280 cm³/mol. The van der Waals surface area contributed by atoms with Gasteiger partial charge in [-0.05, 0) is 0 Å². The molecule has 0 aromatic rings. The molecule has 0 radical (unpaired) electrons. The van der Waals surface area contributed by atoms with Crippen molar-refractivity contribution in [2.24, 2.45) is 0 Å². The first-order chi connectivity index (χ1) is 18.9. The number of hydrogen-bond acceptors (Lipinski definition) is 2. The van der Waals surface area contributed by atoms with Gasteiger partial charge in [0, 0.05) is 342 Å². The van der Waals surface area contributed by atoms with E-state index in [2.05, 4.69) is 0 Å². The van der Waals surface area contributed by atoms with Crippen LogP contribution < -0.4 is 0 Å². The van der Waals surface area contributed by atoms with Crippen molar-refractivity contribution in [2.75, 3.05) is 0 Å². The van der Waals surface area contributed by atoms with Crippen LogP contribution in [0.25, 0.3) is 0 Å². The fourth-order valence-corrected chi connectivity index (χ4v) is 93.7. The van der Waals surface area contributed by atoms with Crippen LogP contribution in [-0.2, 0) is 342 Å². The Morgan fingerprint density at radius 1 is 0.132 bits per heavy atom. The van der Waals surface area contributed by atoms with Crippen molar-refractivity contribution in [3.05, 3.63) is 0 Å². The molecule has 0 saturated heterocycles. The fourth-order valence-electron chi connectivity index (χ4n) is 0.386. The Morgan fingerprint density at radius 3 is 0.289 bits per heavy atom. The van der Waals surface area contributed by atoms with E-state index in [9.17, 15) is 0 Å². The van der Waals surface area contributed by atoms with E-state index in [0.29, 0.717) is 0 Å². The van der Waals surface area contributed by atoms with E-state index in [4.69, 9.17) is 22.4 Å². The summed E-state index contributed by atoms with van der Waals surface area (Å²) in [6.45, 7) is 0. The van der Waals surface area contributed by atoms with Crippen LogP contribution >= 0.6 is 0 Å². The Bertz CT molecular complexity index is 2250. The van der Waals surface area contributed by atoms with Crippen LogP contribution in [0.1, 0.15) is 0 Å². The van der Waals surface area contributed by atoms with Crippen molar-refractivity contribution >= 4 is 342 Å². The summed E-state index contributed by atoms with van der Waals surface area (Å²) in [6, 6.07) is 0. The molecule has 0 aromatic carbocycles. The van der Waals surface area contributed by atoms with Crippen molar-refractivity contribution in [1.82, 2.24) is 0 Å². The fraction of sp³-hybridized carbons (Fsp3) is 0. The minimum Gasteiger partial charge on any atom is 0 e. The zero-order valence-electron chi connectivity index (χ0n) is 15.5. The molecule has 38 heavy (non-hydrogen) atoms. The molecule has 0 nitrogen and oxygen atoms in total. The lowest BCUT2D eigenvalue weighted by Crippen LogP contribution is -1.41. The normalized spacial score (nSPS) is 7.68. The monoisotopic (exact) mass is 1210 g/mol. The van der Waals surface area contributed by atoms with Gasteiger partial charge in [-0.1, -0.05) is 0 Å². The summed E-state index contributed by atoms with van der Waals surface area (Å²) in [5, 5.41) is 0. The van der Waals surface area contributed by atoms with E-state index in [1.807, 2.05) is 195 Å². The first kappa shape index (κ1) is 46.4. The van der Waals surface area contributed by atoms with Crippen LogP contribution in [0.2, 0.25) is 0 Å². The lowest BCUT2D eigenvalue weighted by atomic mass is 30.7. The van der Waals surface area contributed by atoms with Gasteiger partial charge in [-0.25, -0.2) is 0 Å².